The minimum absolute atomic E-state index is 0.102. The van der Waals surface area contributed by atoms with Crippen molar-refractivity contribution in [2.45, 2.75) is 25.4 Å². The highest BCUT2D eigenvalue weighted by atomic mass is 16.5. The number of nitrogens with zero attached hydrogens (tertiary/aromatic N) is 2. The maximum Gasteiger partial charge on any atom is 0.257 e. The summed E-state index contributed by atoms with van der Waals surface area (Å²) in [5.74, 6) is -0.102. The lowest BCUT2D eigenvalue weighted by Crippen LogP contribution is -2.37. The molecule has 18 heavy (non-hydrogen) atoms. The summed E-state index contributed by atoms with van der Waals surface area (Å²) in [7, 11) is 1.77. The topological polar surface area (TPSA) is 68.5 Å². The van der Waals surface area contributed by atoms with Crippen LogP contribution in [0.15, 0.2) is 18.5 Å². The second-order valence-corrected chi connectivity index (χ2v) is 4.64. The molecule has 2 heterocycles. The van der Waals surface area contributed by atoms with E-state index < -0.39 is 0 Å². The third-order valence-corrected chi connectivity index (χ3v) is 3.18. The fourth-order valence-corrected chi connectivity index (χ4v) is 2.13. The van der Waals surface area contributed by atoms with Crippen LogP contribution in [0.1, 0.15) is 29.6 Å². The molecule has 0 spiro atoms. The molecule has 0 bridgehead atoms. The summed E-state index contributed by atoms with van der Waals surface area (Å²) in [5.41, 5.74) is 6.69. The van der Waals surface area contributed by atoms with Gasteiger partial charge in [0.05, 0.1) is 11.7 Å². The molecule has 1 amide bonds. The van der Waals surface area contributed by atoms with Gasteiger partial charge >= 0.3 is 0 Å². The number of ether oxygens (including phenoxy) is 1. The Morgan fingerprint density at radius 1 is 1.61 bits per heavy atom. The molecule has 1 aromatic rings. The molecule has 0 saturated carbocycles. The predicted molar refractivity (Wildman–Crippen MR) is 69.2 cm³/mol. The Bertz CT molecular complexity index is 416. The zero-order chi connectivity index (χ0) is 13.0. The van der Waals surface area contributed by atoms with Crippen LogP contribution in [-0.2, 0) is 4.74 Å². The predicted octanol–water partition coefficient (Wildman–Crippen LogP) is 1.30. The number of likely N-dealkylation sites (N-methyl/N-ethyl adjacent to an activating group) is 1. The van der Waals surface area contributed by atoms with Crippen molar-refractivity contribution < 1.29 is 9.53 Å². The summed E-state index contributed by atoms with van der Waals surface area (Å²) in [6.45, 7) is 1.40. The molecule has 0 aromatic carbocycles. The summed E-state index contributed by atoms with van der Waals surface area (Å²) < 4.78 is 5.62. The summed E-state index contributed by atoms with van der Waals surface area (Å²) >= 11 is 0. The molecule has 1 saturated heterocycles. The molecular weight excluding hydrogens is 230 g/mol. The van der Waals surface area contributed by atoms with Gasteiger partial charge in [-0.05, 0) is 25.3 Å². The van der Waals surface area contributed by atoms with Gasteiger partial charge in [-0.25, -0.2) is 0 Å². The van der Waals surface area contributed by atoms with Crippen LogP contribution in [0.3, 0.4) is 0 Å². The molecule has 5 nitrogen and oxygen atoms in total. The van der Waals surface area contributed by atoms with E-state index in [-0.39, 0.29) is 12.0 Å². The normalized spacial score (nSPS) is 19.5. The molecule has 1 atom stereocenters. The van der Waals surface area contributed by atoms with E-state index in [1.165, 1.54) is 12.6 Å². The molecule has 1 aliphatic heterocycles. The molecule has 1 aliphatic rings. The fraction of sp³-hybridized carbons (Fsp3) is 0.538. The number of aromatic nitrogens is 1. The van der Waals surface area contributed by atoms with Crippen LogP contribution < -0.4 is 5.73 Å². The average molecular weight is 249 g/mol. The SMILES string of the molecule is CN(CC1CCCCO1)C(=O)c1cnccc1N. The van der Waals surface area contributed by atoms with Crippen molar-refractivity contribution >= 4 is 11.6 Å². The fourth-order valence-electron chi connectivity index (χ4n) is 2.13. The zero-order valence-corrected chi connectivity index (χ0v) is 10.6. The van der Waals surface area contributed by atoms with Crippen molar-refractivity contribution in [1.29, 1.82) is 0 Å². The van der Waals surface area contributed by atoms with Crippen molar-refractivity contribution in [2.75, 3.05) is 25.9 Å². The lowest BCUT2D eigenvalue weighted by Gasteiger charge is -2.27. The summed E-state index contributed by atoms with van der Waals surface area (Å²) in [6, 6.07) is 1.64. The molecular formula is C13H19N3O2. The number of hydrogen-bond donors (Lipinski definition) is 1. The number of amides is 1. The monoisotopic (exact) mass is 249 g/mol. The van der Waals surface area contributed by atoms with Crippen molar-refractivity contribution in [3.05, 3.63) is 24.0 Å². The van der Waals surface area contributed by atoms with Crippen LogP contribution in [0, 0.1) is 0 Å². The lowest BCUT2D eigenvalue weighted by atomic mass is 10.1. The van der Waals surface area contributed by atoms with Gasteiger partial charge in [0.1, 0.15) is 0 Å². The van der Waals surface area contributed by atoms with E-state index in [4.69, 9.17) is 10.5 Å². The molecule has 2 N–H and O–H groups in total. The summed E-state index contributed by atoms with van der Waals surface area (Å²) in [5, 5.41) is 0. The number of nitrogen functional groups attached to an aromatic ring is 1. The van der Waals surface area contributed by atoms with Gasteiger partial charge in [0, 0.05) is 38.3 Å². The van der Waals surface area contributed by atoms with Crippen LogP contribution in [-0.4, -0.2) is 42.1 Å². The standard InChI is InChI=1S/C13H19N3O2/c1-16(9-10-4-2-3-7-18-10)13(17)11-8-15-6-5-12(11)14/h5-6,8,10H,2-4,7,9H2,1H3,(H2,14,15). The Labute approximate surface area is 107 Å². The van der Waals surface area contributed by atoms with Crippen molar-refractivity contribution in [3.8, 4) is 0 Å². The summed E-state index contributed by atoms with van der Waals surface area (Å²) in [4.78, 5) is 17.8. The van der Waals surface area contributed by atoms with Crippen LogP contribution >= 0.6 is 0 Å². The molecule has 1 fully saturated rings. The van der Waals surface area contributed by atoms with Gasteiger partial charge in [0.25, 0.3) is 5.91 Å². The first-order valence-electron chi connectivity index (χ1n) is 6.25. The van der Waals surface area contributed by atoms with Crippen LogP contribution in [0.4, 0.5) is 5.69 Å². The Morgan fingerprint density at radius 3 is 3.11 bits per heavy atom. The summed E-state index contributed by atoms with van der Waals surface area (Å²) in [6.07, 6.45) is 6.53. The Balaban J connectivity index is 1.98. The van der Waals surface area contributed by atoms with E-state index in [0.29, 0.717) is 17.8 Å². The number of carbonyl (C=O) groups is 1. The van der Waals surface area contributed by atoms with E-state index in [2.05, 4.69) is 4.98 Å². The molecule has 1 unspecified atom stereocenters. The first-order chi connectivity index (χ1) is 8.68. The zero-order valence-electron chi connectivity index (χ0n) is 10.6. The van der Waals surface area contributed by atoms with E-state index >= 15 is 0 Å². The number of rotatable bonds is 3. The Morgan fingerprint density at radius 2 is 2.44 bits per heavy atom. The third-order valence-electron chi connectivity index (χ3n) is 3.18. The molecule has 0 radical (unpaired) electrons. The van der Waals surface area contributed by atoms with Crippen molar-refractivity contribution in [2.24, 2.45) is 0 Å². The van der Waals surface area contributed by atoms with Gasteiger partial charge in [-0.3, -0.25) is 9.78 Å². The lowest BCUT2D eigenvalue weighted by molar-refractivity contribution is -0.000177. The molecule has 0 aliphatic carbocycles. The Hall–Kier alpha value is -1.62. The van der Waals surface area contributed by atoms with Gasteiger partial charge in [-0.1, -0.05) is 0 Å². The number of carbonyl (C=O) groups excluding carboxylic acids is 1. The van der Waals surface area contributed by atoms with Gasteiger partial charge < -0.3 is 15.4 Å². The van der Waals surface area contributed by atoms with Crippen molar-refractivity contribution in [1.82, 2.24) is 9.88 Å². The molecule has 2 rings (SSSR count). The van der Waals surface area contributed by atoms with E-state index in [9.17, 15) is 4.79 Å². The highest BCUT2D eigenvalue weighted by Gasteiger charge is 2.20. The van der Waals surface area contributed by atoms with Crippen LogP contribution in [0.5, 0.6) is 0 Å². The van der Waals surface area contributed by atoms with Crippen molar-refractivity contribution in [3.63, 3.8) is 0 Å². The number of pyridine rings is 1. The molecule has 5 heteroatoms. The second kappa shape index (κ2) is 5.82. The van der Waals surface area contributed by atoms with Gasteiger partial charge in [-0.2, -0.15) is 0 Å². The highest BCUT2D eigenvalue weighted by Crippen LogP contribution is 2.16. The quantitative estimate of drug-likeness (QED) is 0.876. The second-order valence-electron chi connectivity index (χ2n) is 4.64. The third kappa shape index (κ3) is 2.98. The maximum absolute atomic E-state index is 12.2. The van der Waals surface area contributed by atoms with E-state index in [1.54, 1.807) is 24.2 Å². The first kappa shape index (κ1) is 12.8. The van der Waals surface area contributed by atoms with E-state index in [1.807, 2.05) is 0 Å². The number of hydrogen-bond acceptors (Lipinski definition) is 4. The van der Waals surface area contributed by atoms with Gasteiger partial charge in [-0.15, -0.1) is 0 Å². The highest BCUT2D eigenvalue weighted by molar-refractivity contribution is 5.98. The minimum Gasteiger partial charge on any atom is -0.398 e. The Kier molecular flexibility index (Phi) is 4.15. The van der Waals surface area contributed by atoms with Gasteiger partial charge in [0.2, 0.25) is 0 Å². The van der Waals surface area contributed by atoms with Crippen LogP contribution in [0.25, 0.3) is 0 Å². The molecule has 98 valence electrons. The van der Waals surface area contributed by atoms with E-state index in [0.717, 1.165) is 19.4 Å². The first-order valence-corrected chi connectivity index (χ1v) is 6.25. The maximum atomic E-state index is 12.2. The minimum atomic E-state index is -0.102. The molecule has 1 aromatic heterocycles. The largest absolute Gasteiger partial charge is 0.398 e. The smallest absolute Gasteiger partial charge is 0.257 e. The average Bonchev–Trinajstić information content (AvgIpc) is 2.39. The number of anilines is 1. The van der Waals surface area contributed by atoms with Gasteiger partial charge in [0.15, 0.2) is 0 Å². The van der Waals surface area contributed by atoms with Crippen LogP contribution in [0.2, 0.25) is 0 Å². The number of nitrogens with two attached hydrogens (primary N) is 1.